The molecular weight excluding hydrogens is 314 g/mol. The van der Waals surface area contributed by atoms with Crippen LogP contribution in [0, 0.1) is 36.0 Å². The summed E-state index contributed by atoms with van der Waals surface area (Å²) in [6, 6.07) is 8.36. The molecule has 4 atom stereocenters. The van der Waals surface area contributed by atoms with Gasteiger partial charge in [-0.15, -0.1) is 0 Å². The molecule has 0 aromatic heterocycles. The standard InChI is InChI=1S/C21H25NO3/c1-12-2-4-13(5-3-12)21(10-11-21)22-18(23)16-14-6-7-15(17(16)19(24)25)20(14)8-9-20/h2-5,14-17H,6-11H2,1H3,(H,22,23)(H,24,25)/t14-,15+,16+,17+/m0/s1. The van der Waals surface area contributed by atoms with Crippen molar-refractivity contribution in [2.24, 2.45) is 29.1 Å². The maximum atomic E-state index is 13.2. The smallest absolute Gasteiger partial charge is 0.307 e. The van der Waals surface area contributed by atoms with Gasteiger partial charge in [-0.05, 0) is 68.3 Å². The Labute approximate surface area is 148 Å². The predicted molar refractivity (Wildman–Crippen MR) is 92.7 cm³/mol. The van der Waals surface area contributed by atoms with Gasteiger partial charge in [0, 0.05) is 0 Å². The van der Waals surface area contributed by atoms with Crippen LogP contribution in [0.5, 0.6) is 0 Å². The molecule has 0 saturated heterocycles. The Morgan fingerprint density at radius 2 is 1.60 bits per heavy atom. The van der Waals surface area contributed by atoms with Crippen molar-refractivity contribution < 1.29 is 14.7 Å². The maximum Gasteiger partial charge on any atom is 0.307 e. The van der Waals surface area contributed by atoms with E-state index >= 15 is 0 Å². The number of hydrogen-bond donors (Lipinski definition) is 2. The molecule has 0 heterocycles. The average molecular weight is 339 g/mol. The molecule has 5 rings (SSSR count). The summed E-state index contributed by atoms with van der Waals surface area (Å²) in [4.78, 5) is 25.1. The van der Waals surface area contributed by atoms with Crippen molar-refractivity contribution in [2.75, 3.05) is 0 Å². The van der Waals surface area contributed by atoms with Crippen LogP contribution in [0.2, 0.25) is 0 Å². The molecule has 4 nitrogen and oxygen atoms in total. The van der Waals surface area contributed by atoms with Crippen LogP contribution in [-0.2, 0) is 15.1 Å². The van der Waals surface area contributed by atoms with E-state index in [4.69, 9.17) is 0 Å². The number of carboxylic acid groups (broad SMARTS) is 1. The zero-order valence-electron chi connectivity index (χ0n) is 14.6. The molecule has 4 saturated carbocycles. The van der Waals surface area contributed by atoms with E-state index in [-0.39, 0.29) is 34.6 Å². The number of aliphatic carboxylic acids is 1. The minimum Gasteiger partial charge on any atom is -0.481 e. The van der Waals surface area contributed by atoms with Crippen molar-refractivity contribution in [3.8, 4) is 0 Å². The summed E-state index contributed by atoms with van der Waals surface area (Å²) in [5, 5.41) is 13.1. The molecule has 2 bridgehead atoms. The van der Waals surface area contributed by atoms with E-state index in [9.17, 15) is 14.7 Å². The third kappa shape index (κ3) is 2.06. The molecule has 132 valence electrons. The fourth-order valence-electron chi connectivity index (χ4n) is 6.14. The summed E-state index contributed by atoms with van der Waals surface area (Å²) in [6.07, 6.45) is 6.17. The third-order valence-electron chi connectivity index (χ3n) is 7.65. The zero-order valence-corrected chi connectivity index (χ0v) is 14.6. The summed E-state index contributed by atoms with van der Waals surface area (Å²) >= 11 is 0. The molecule has 4 aliphatic rings. The van der Waals surface area contributed by atoms with E-state index in [1.807, 2.05) is 0 Å². The van der Waals surface area contributed by atoms with Crippen LogP contribution in [0.3, 0.4) is 0 Å². The highest BCUT2D eigenvalue weighted by Crippen LogP contribution is 2.74. The Morgan fingerprint density at radius 3 is 2.12 bits per heavy atom. The van der Waals surface area contributed by atoms with Crippen LogP contribution < -0.4 is 5.32 Å². The maximum absolute atomic E-state index is 13.2. The lowest BCUT2D eigenvalue weighted by atomic mass is 9.78. The Bertz CT molecular complexity index is 745. The van der Waals surface area contributed by atoms with Gasteiger partial charge in [0.1, 0.15) is 0 Å². The normalized spacial score (nSPS) is 35.6. The zero-order chi connectivity index (χ0) is 17.4. The number of carbonyl (C=O) groups excluding carboxylic acids is 1. The first-order valence-electron chi connectivity index (χ1n) is 9.59. The molecule has 0 unspecified atom stereocenters. The Balaban J connectivity index is 1.41. The molecule has 4 aliphatic carbocycles. The van der Waals surface area contributed by atoms with Crippen LogP contribution in [-0.4, -0.2) is 17.0 Å². The largest absolute Gasteiger partial charge is 0.481 e. The molecule has 0 radical (unpaired) electrons. The lowest BCUT2D eigenvalue weighted by molar-refractivity contribution is -0.149. The van der Waals surface area contributed by atoms with E-state index in [0.717, 1.165) is 44.1 Å². The number of benzene rings is 1. The van der Waals surface area contributed by atoms with Crippen molar-refractivity contribution in [1.82, 2.24) is 5.32 Å². The summed E-state index contributed by atoms with van der Waals surface area (Å²) in [5.74, 6) is -1.08. The molecular formula is C21H25NO3. The minimum absolute atomic E-state index is 0.0102. The second-order valence-electron chi connectivity index (χ2n) is 8.85. The monoisotopic (exact) mass is 339 g/mol. The fourth-order valence-corrected chi connectivity index (χ4v) is 6.14. The summed E-state index contributed by atoms with van der Waals surface area (Å²) < 4.78 is 0. The van der Waals surface area contributed by atoms with E-state index in [2.05, 4.69) is 36.5 Å². The van der Waals surface area contributed by atoms with Gasteiger partial charge in [0.25, 0.3) is 0 Å². The first-order valence-corrected chi connectivity index (χ1v) is 9.59. The van der Waals surface area contributed by atoms with Gasteiger partial charge < -0.3 is 10.4 Å². The molecule has 2 N–H and O–H groups in total. The highest BCUT2D eigenvalue weighted by molar-refractivity contribution is 5.87. The van der Waals surface area contributed by atoms with Gasteiger partial charge in [0.2, 0.25) is 5.91 Å². The summed E-state index contributed by atoms with van der Waals surface area (Å²) in [6.45, 7) is 2.06. The third-order valence-corrected chi connectivity index (χ3v) is 7.65. The topological polar surface area (TPSA) is 66.4 Å². The van der Waals surface area contributed by atoms with E-state index in [1.165, 1.54) is 5.56 Å². The Hall–Kier alpha value is -1.84. The second kappa shape index (κ2) is 4.87. The minimum atomic E-state index is -0.765. The van der Waals surface area contributed by atoms with Gasteiger partial charge >= 0.3 is 5.97 Å². The second-order valence-corrected chi connectivity index (χ2v) is 8.85. The number of hydrogen-bond acceptors (Lipinski definition) is 2. The first-order chi connectivity index (χ1) is 12.0. The lowest BCUT2D eigenvalue weighted by Gasteiger charge is -2.29. The lowest BCUT2D eigenvalue weighted by Crippen LogP contribution is -2.45. The van der Waals surface area contributed by atoms with Gasteiger partial charge in [-0.25, -0.2) is 0 Å². The molecule has 4 heteroatoms. The van der Waals surface area contributed by atoms with Gasteiger partial charge in [-0.2, -0.15) is 0 Å². The van der Waals surface area contributed by atoms with Crippen LogP contribution in [0.1, 0.15) is 49.7 Å². The number of aryl methyl sites for hydroxylation is 1. The van der Waals surface area contributed by atoms with Crippen molar-refractivity contribution >= 4 is 11.9 Å². The summed E-state index contributed by atoms with van der Waals surface area (Å²) in [5.41, 5.74) is 2.29. The molecule has 4 fully saturated rings. The van der Waals surface area contributed by atoms with Crippen LogP contribution in [0.4, 0.5) is 0 Å². The Kier molecular flexibility index (Phi) is 3.00. The quantitative estimate of drug-likeness (QED) is 0.885. The van der Waals surface area contributed by atoms with E-state index < -0.39 is 11.9 Å². The van der Waals surface area contributed by atoms with E-state index in [0.29, 0.717) is 0 Å². The first kappa shape index (κ1) is 15.4. The highest BCUT2D eigenvalue weighted by atomic mass is 16.4. The van der Waals surface area contributed by atoms with Gasteiger partial charge in [-0.1, -0.05) is 29.8 Å². The number of carboxylic acids is 1. The van der Waals surface area contributed by atoms with Crippen molar-refractivity contribution in [3.63, 3.8) is 0 Å². The van der Waals surface area contributed by atoms with Gasteiger partial charge in [-0.3, -0.25) is 9.59 Å². The van der Waals surface area contributed by atoms with Crippen molar-refractivity contribution in [3.05, 3.63) is 35.4 Å². The highest BCUT2D eigenvalue weighted by Gasteiger charge is 2.72. The molecule has 1 aromatic carbocycles. The van der Waals surface area contributed by atoms with Crippen LogP contribution in [0.25, 0.3) is 0 Å². The van der Waals surface area contributed by atoms with Crippen molar-refractivity contribution in [1.29, 1.82) is 0 Å². The number of rotatable bonds is 4. The van der Waals surface area contributed by atoms with Crippen molar-refractivity contribution in [2.45, 2.75) is 51.0 Å². The molecule has 1 spiro atoms. The van der Waals surface area contributed by atoms with Gasteiger partial charge in [0.15, 0.2) is 0 Å². The number of nitrogens with one attached hydrogen (secondary N) is 1. The van der Waals surface area contributed by atoms with Crippen LogP contribution >= 0.6 is 0 Å². The SMILES string of the molecule is Cc1ccc(C2(NC(=O)[C@H]3[C@H](C(=O)O)[C@H]4CC[C@@H]3C43CC3)CC2)cc1. The fraction of sp³-hybridized carbons (Fsp3) is 0.619. The molecule has 1 aromatic rings. The predicted octanol–water partition coefficient (Wildman–Crippen LogP) is 3.24. The number of amides is 1. The Morgan fingerprint density at radius 1 is 1.00 bits per heavy atom. The van der Waals surface area contributed by atoms with Crippen LogP contribution in [0.15, 0.2) is 24.3 Å². The summed E-state index contributed by atoms with van der Waals surface area (Å²) in [7, 11) is 0. The number of carbonyl (C=O) groups is 2. The van der Waals surface area contributed by atoms with Gasteiger partial charge in [0.05, 0.1) is 17.4 Å². The average Bonchev–Trinajstić information content (AvgIpc) is 3.47. The molecule has 0 aliphatic heterocycles. The molecule has 1 amide bonds. The van der Waals surface area contributed by atoms with E-state index in [1.54, 1.807) is 0 Å². The molecule has 25 heavy (non-hydrogen) atoms.